The molecule has 0 saturated carbocycles. The first-order valence-corrected chi connectivity index (χ1v) is 1.34. The summed E-state index contributed by atoms with van der Waals surface area (Å²) in [5.74, 6) is 0. The van der Waals surface area contributed by atoms with E-state index in [9.17, 15) is 17.7 Å². The molecule has 0 aliphatic heterocycles. The number of alkyl halides is 3. The molecule has 0 radical (unpaired) electrons. The van der Waals surface area contributed by atoms with Gasteiger partial charge in [0.1, 0.15) is 0 Å². The Labute approximate surface area is 40.7 Å². The topological polar surface area (TPSA) is 38.4 Å². The predicted molar refractivity (Wildman–Crippen MR) is 13.2 cm³/mol. The Kier molecular flexibility index (Phi) is 1.72. The molecule has 0 aliphatic rings. The van der Waals surface area contributed by atoms with Gasteiger partial charge in [-0.15, -0.1) is 13.2 Å². The van der Waals surface area contributed by atoms with E-state index in [1.807, 2.05) is 0 Å². The third kappa shape index (κ3) is 1.71. The van der Waals surface area contributed by atoms with Gasteiger partial charge in [0.15, 0.2) is 0 Å². The molecule has 0 amide bonds. The first-order chi connectivity index (χ1) is 3.48. The van der Waals surface area contributed by atoms with Crippen molar-refractivity contribution in [2.45, 2.75) is 6.30 Å². The fourth-order valence-corrected chi connectivity index (χ4v) is 0.0429. The lowest BCUT2D eigenvalue weighted by Gasteiger charge is -1.96. The molecule has 7 heteroatoms. The maximum Gasteiger partial charge on any atom is 0.670 e. The first kappa shape index (κ1) is 7.12. The quantitative estimate of drug-likeness (QED) is 0.161. The highest BCUT2D eigenvalue weighted by atomic mass is 19.4. The molecular formula is CF4N2O. The van der Waals surface area contributed by atoms with Gasteiger partial charge < -0.3 is 5.21 Å². The summed E-state index contributed by atoms with van der Waals surface area (Å²) in [7, 11) is 0. The molecule has 48 valence electrons. The van der Waals surface area contributed by atoms with Crippen molar-refractivity contribution in [3.8, 4) is 0 Å². The smallest absolute Gasteiger partial charge is 0.591 e. The Morgan fingerprint density at radius 1 is 1.38 bits per heavy atom. The maximum atomic E-state index is 10.7. The third-order valence-electron chi connectivity index (χ3n) is 0.286. The molecule has 0 rings (SSSR count). The molecule has 0 aromatic rings. The zero-order chi connectivity index (χ0) is 6.78. The summed E-state index contributed by atoms with van der Waals surface area (Å²) in [6.07, 6.45) is -5.26. The summed E-state index contributed by atoms with van der Waals surface area (Å²) in [6, 6.07) is 0. The van der Waals surface area contributed by atoms with Crippen LogP contribution in [0.1, 0.15) is 0 Å². The van der Waals surface area contributed by atoms with E-state index in [0.29, 0.717) is 0 Å². The van der Waals surface area contributed by atoms with Gasteiger partial charge in [0.05, 0.1) is 0 Å². The minimum absolute atomic E-state index is 0.812. The molecule has 3 nitrogen and oxygen atoms in total. The normalized spacial score (nSPS) is 14.2. The van der Waals surface area contributed by atoms with Gasteiger partial charge in [-0.2, -0.15) is 0 Å². The van der Waals surface area contributed by atoms with Crippen LogP contribution in [0.25, 0.3) is 0 Å². The maximum absolute atomic E-state index is 10.7. The van der Waals surface area contributed by atoms with Gasteiger partial charge in [-0.25, -0.2) is 0 Å². The number of hydroxylamine groups is 1. The number of halogens is 4. The van der Waals surface area contributed by atoms with Crippen LogP contribution >= 0.6 is 0 Å². The lowest BCUT2D eigenvalue weighted by molar-refractivity contribution is -0.724. The SMILES string of the molecule is [O-]/[N+](=N\F)C(F)(F)F. The number of hydrogen-bond donors (Lipinski definition) is 0. The van der Waals surface area contributed by atoms with E-state index in [-0.39, 0.29) is 0 Å². The van der Waals surface area contributed by atoms with Gasteiger partial charge in [-0.3, -0.25) is 0 Å². The van der Waals surface area contributed by atoms with Crippen molar-refractivity contribution in [3.63, 3.8) is 0 Å². The van der Waals surface area contributed by atoms with Gasteiger partial charge >= 0.3 is 6.30 Å². The summed E-state index contributed by atoms with van der Waals surface area (Å²) in [6.45, 7) is 0. The molecular weight excluding hydrogens is 132 g/mol. The molecule has 0 atom stereocenters. The molecule has 0 aromatic carbocycles. The van der Waals surface area contributed by atoms with E-state index in [1.165, 1.54) is 0 Å². The minimum Gasteiger partial charge on any atom is -0.591 e. The van der Waals surface area contributed by atoms with Crippen molar-refractivity contribution < 1.29 is 22.5 Å². The summed E-state index contributed by atoms with van der Waals surface area (Å²) >= 11 is 0. The van der Waals surface area contributed by atoms with E-state index < -0.39 is 11.2 Å². The first-order valence-electron chi connectivity index (χ1n) is 1.34. The molecule has 0 heterocycles. The Morgan fingerprint density at radius 2 is 1.75 bits per heavy atom. The molecule has 0 N–H and O–H groups in total. The highest BCUT2D eigenvalue weighted by Gasteiger charge is 2.43. The summed E-state index contributed by atoms with van der Waals surface area (Å²) in [5, 5.41) is 9.90. The van der Waals surface area contributed by atoms with E-state index in [1.54, 1.807) is 0 Å². The van der Waals surface area contributed by atoms with E-state index in [2.05, 4.69) is 0 Å². The fourth-order valence-electron chi connectivity index (χ4n) is 0.0429. The monoisotopic (exact) mass is 132 g/mol. The second-order valence-electron chi connectivity index (χ2n) is 0.816. The van der Waals surface area contributed by atoms with Crippen LogP contribution in [0, 0.1) is 5.21 Å². The Bertz CT molecular complexity index is 105. The van der Waals surface area contributed by atoms with Crippen LogP contribution < -0.4 is 0 Å². The van der Waals surface area contributed by atoms with Crippen LogP contribution in [0.3, 0.4) is 0 Å². The molecule has 0 unspecified atom stereocenters. The highest BCUT2D eigenvalue weighted by Crippen LogP contribution is 2.15. The minimum atomic E-state index is -5.26. The van der Waals surface area contributed by atoms with Crippen molar-refractivity contribution in [1.29, 1.82) is 0 Å². The molecule has 8 heavy (non-hydrogen) atoms. The highest BCUT2D eigenvalue weighted by molar-refractivity contribution is 4.16. The van der Waals surface area contributed by atoms with Gasteiger partial charge in [-0.1, -0.05) is 0 Å². The van der Waals surface area contributed by atoms with Crippen LogP contribution in [-0.4, -0.2) is 11.2 Å². The lowest BCUT2D eigenvalue weighted by atomic mass is 11.2. The molecule has 0 aromatic heterocycles. The number of rotatable bonds is 0. The van der Waals surface area contributed by atoms with E-state index in [4.69, 9.17) is 5.21 Å². The Balaban J connectivity index is 4.03. The standard InChI is InChI=1S/CF4N2O/c2-1(3,4)7(8)6-5/b7-6-. The zero-order valence-electron chi connectivity index (χ0n) is 3.31. The average molecular weight is 132 g/mol. The summed E-state index contributed by atoms with van der Waals surface area (Å²) in [4.78, 5) is -1.98. The molecule has 0 fully saturated rings. The lowest BCUT2D eigenvalue weighted by Crippen LogP contribution is -2.20. The largest absolute Gasteiger partial charge is 0.670 e. The summed E-state index contributed by atoms with van der Waals surface area (Å²) in [5.41, 5.74) is 0. The van der Waals surface area contributed by atoms with E-state index >= 15 is 0 Å². The van der Waals surface area contributed by atoms with Gasteiger partial charge in [0.2, 0.25) is 5.34 Å². The van der Waals surface area contributed by atoms with Crippen molar-refractivity contribution >= 4 is 0 Å². The fraction of sp³-hybridized carbons (Fsp3) is 1.00. The molecule has 0 spiro atoms. The van der Waals surface area contributed by atoms with Crippen molar-refractivity contribution in [1.82, 2.24) is 0 Å². The third-order valence-corrected chi connectivity index (χ3v) is 0.286. The predicted octanol–water partition coefficient (Wildman–Crippen LogP) is 1.35. The van der Waals surface area contributed by atoms with Gasteiger partial charge in [0.25, 0.3) is 0 Å². The van der Waals surface area contributed by atoms with Crippen LogP contribution in [0.5, 0.6) is 0 Å². The number of nitrogens with zero attached hydrogens (tertiary/aromatic N) is 2. The van der Waals surface area contributed by atoms with Crippen LogP contribution in [0.2, 0.25) is 0 Å². The van der Waals surface area contributed by atoms with Crippen molar-refractivity contribution in [2.24, 2.45) is 5.34 Å². The average Bonchev–Trinajstić information content (AvgIpc) is 1.62. The second-order valence-corrected chi connectivity index (χ2v) is 0.816. The van der Waals surface area contributed by atoms with Crippen LogP contribution in [0.4, 0.5) is 17.7 Å². The molecule has 0 bridgehead atoms. The van der Waals surface area contributed by atoms with Gasteiger partial charge in [-0.05, 0) is 4.48 Å². The van der Waals surface area contributed by atoms with E-state index in [0.717, 1.165) is 5.34 Å². The van der Waals surface area contributed by atoms with Gasteiger partial charge in [0, 0.05) is 4.86 Å². The van der Waals surface area contributed by atoms with Crippen LogP contribution in [-0.2, 0) is 0 Å². The van der Waals surface area contributed by atoms with Crippen molar-refractivity contribution in [2.75, 3.05) is 0 Å². The zero-order valence-corrected chi connectivity index (χ0v) is 3.31. The Hall–Kier alpha value is -0.880. The molecule has 0 aliphatic carbocycles. The molecule has 0 saturated heterocycles. The number of hydrogen-bond acceptors (Lipinski definition) is 2. The summed E-state index contributed by atoms with van der Waals surface area (Å²) < 4.78 is 42.6. The second kappa shape index (κ2) is 1.93. The van der Waals surface area contributed by atoms with Crippen molar-refractivity contribution in [3.05, 3.63) is 5.21 Å². The van der Waals surface area contributed by atoms with Crippen LogP contribution in [0.15, 0.2) is 5.34 Å². The Morgan fingerprint density at radius 3 is 1.75 bits per heavy atom.